The molecule has 0 N–H and O–H groups in total. The monoisotopic (exact) mass is 366 g/mol. The summed E-state index contributed by atoms with van der Waals surface area (Å²) in [7, 11) is 0. The van der Waals surface area contributed by atoms with Crippen LogP contribution in [0.3, 0.4) is 0 Å². The molecule has 0 bridgehead atoms. The topological polar surface area (TPSA) is 35.5 Å². The second-order valence-electron chi connectivity index (χ2n) is 5.85. The number of benzene rings is 3. The first kappa shape index (κ1) is 18.0. The molecule has 0 atom stereocenters. The Labute approximate surface area is 158 Å². The van der Waals surface area contributed by atoms with E-state index < -0.39 is 5.24 Å². The molecule has 0 saturated heterocycles. The van der Waals surface area contributed by atoms with Crippen LogP contribution in [0.25, 0.3) is 0 Å². The number of ether oxygens (including phenoxy) is 2. The average molecular weight is 367 g/mol. The van der Waals surface area contributed by atoms with E-state index in [9.17, 15) is 4.79 Å². The van der Waals surface area contributed by atoms with Crippen LogP contribution >= 0.6 is 11.6 Å². The minimum atomic E-state index is -0.424. The maximum absolute atomic E-state index is 11.3. The van der Waals surface area contributed by atoms with E-state index in [-0.39, 0.29) is 6.42 Å². The summed E-state index contributed by atoms with van der Waals surface area (Å²) in [5.74, 6) is 1.29. The molecule has 3 rings (SSSR count). The fourth-order valence-corrected chi connectivity index (χ4v) is 2.67. The van der Waals surface area contributed by atoms with Crippen molar-refractivity contribution in [2.24, 2.45) is 0 Å². The molecule has 0 aliphatic carbocycles. The van der Waals surface area contributed by atoms with Gasteiger partial charge in [0, 0.05) is 11.6 Å². The lowest BCUT2D eigenvalue weighted by molar-refractivity contribution is -0.111. The molecule has 3 aromatic carbocycles. The third kappa shape index (κ3) is 5.36. The smallest absolute Gasteiger partial charge is 0.226 e. The normalized spacial score (nSPS) is 10.3. The molecular weight excluding hydrogens is 348 g/mol. The second kappa shape index (κ2) is 9.07. The van der Waals surface area contributed by atoms with Crippen molar-refractivity contribution in [1.29, 1.82) is 0 Å². The SMILES string of the molecule is O=C(Cl)Cc1ccc(OCc2ccccc2)cc1OCc1ccccc1. The van der Waals surface area contributed by atoms with Crippen molar-refractivity contribution < 1.29 is 14.3 Å². The Bertz CT molecular complexity index is 848. The van der Waals surface area contributed by atoms with Crippen LogP contribution in [0, 0.1) is 0 Å². The summed E-state index contributed by atoms with van der Waals surface area (Å²) >= 11 is 5.56. The minimum absolute atomic E-state index is 0.116. The zero-order valence-electron chi connectivity index (χ0n) is 14.2. The Morgan fingerprint density at radius 1 is 0.769 bits per heavy atom. The highest BCUT2D eigenvalue weighted by molar-refractivity contribution is 6.63. The highest BCUT2D eigenvalue weighted by Crippen LogP contribution is 2.27. The van der Waals surface area contributed by atoms with E-state index in [1.807, 2.05) is 72.8 Å². The molecule has 0 aromatic heterocycles. The van der Waals surface area contributed by atoms with E-state index in [2.05, 4.69) is 0 Å². The van der Waals surface area contributed by atoms with Crippen molar-refractivity contribution in [3.05, 3.63) is 95.6 Å². The lowest BCUT2D eigenvalue weighted by Crippen LogP contribution is -2.02. The molecule has 0 spiro atoms. The summed E-state index contributed by atoms with van der Waals surface area (Å²) < 4.78 is 11.8. The van der Waals surface area contributed by atoms with E-state index >= 15 is 0 Å². The van der Waals surface area contributed by atoms with Crippen LogP contribution in [0.4, 0.5) is 0 Å². The molecule has 4 heteroatoms. The van der Waals surface area contributed by atoms with Gasteiger partial charge in [-0.25, -0.2) is 0 Å². The standard InChI is InChI=1S/C22H19ClO3/c23-22(24)13-19-11-12-20(25-15-17-7-3-1-4-8-17)14-21(19)26-16-18-9-5-2-6-10-18/h1-12,14H,13,15-16H2. The molecule has 0 fully saturated rings. The Kier molecular flexibility index (Phi) is 6.29. The maximum Gasteiger partial charge on any atom is 0.226 e. The van der Waals surface area contributed by atoms with Gasteiger partial charge in [0.2, 0.25) is 5.24 Å². The maximum atomic E-state index is 11.3. The lowest BCUT2D eigenvalue weighted by atomic mass is 10.1. The fourth-order valence-electron chi connectivity index (χ4n) is 2.53. The number of carbonyl (C=O) groups is 1. The van der Waals surface area contributed by atoms with Gasteiger partial charge in [0.05, 0.1) is 6.42 Å². The van der Waals surface area contributed by atoms with Gasteiger partial charge in [-0.05, 0) is 28.8 Å². The van der Waals surface area contributed by atoms with E-state index in [0.717, 1.165) is 16.7 Å². The van der Waals surface area contributed by atoms with E-state index in [4.69, 9.17) is 21.1 Å². The van der Waals surface area contributed by atoms with E-state index in [1.54, 1.807) is 6.07 Å². The first-order valence-corrected chi connectivity index (χ1v) is 8.73. The number of halogens is 1. The van der Waals surface area contributed by atoms with Crippen molar-refractivity contribution in [3.8, 4) is 11.5 Å². The minimum Gasteiger partial charge on any atom is -0.489 e. The van der Waals surface area contributed by atoms with Gasteiger partial charge >= 0.3 is 0 Å². The largest absolute Gasteiger partial charge is 0.489 e. The van der Waals surface area contributed by atoms with Gasteiger partial charge < -0.3 is 9.47 Å². The van der Waals surface area contributed by atoms with Gasteiger partial charge in [-0.1, -0.05) is 66.7 Å². The molecule has 3 nitrogen and oxygen atoms in total. The molecule has 0 heterocycles. The van der Waals surface area contributed by atoms with Crippen molar-refractivity contribution in [3.63, 3.8) is 0 Å². The van der Waals surface area contributed by atoms with E-state index in [0.29, 0.717) is 24.7 Å². The van der Waals surface area contributed by atoms with Crippen LogP contribution in [0.1, 0.15) is 16.7 Å². The van der Waals surface area contributed by atoms with Crippen LogP contribution in [0.5, 0.6) is 11.5 Å². The Morgan fingerprint density at radius 3 is 1.92 bits per heavy atom. The predicted molar refractivity (Wildman–Crippen MR) is 103 cm³/mol. The predicted octanol–water partition coefficient (Wildman–Crippen LogP) is 5.15. The third-order valence-corrected chi connectivity index (χ3v) is 3.99. The van der Waals surface area contributed by atoms with Crippen molar-refractivity contribution in [2.75, 3.05) is 0 Å². The van der Waals surface area contributed by atoms with Crippen LogP contribution < -0.4 is 9.47 Å². The van der Waals surface area contributed by atoms with E-state index in [1.165, 1.54) is 0 Å². The zero-order chi connectivity index (χ0) is 18.2. The number of carbonyl (C=O) groups excluding carboxylic acids is 1. The van der Waals surface area contributed by atoms with Gasteiger partial charge in [-0.2, -0.15) is 0 Å². The van der Waals surface area contributed by atoms with Crippen molar-refractivity contribution in [2.45, 2.75) is 19.6 Å². The second-order valence-corrected chi connectivity index (χ2v) is 6.27. The quantitative estimate of drug-likeness (QED) is 0.517. The molecule has 132 valence electrons. The summed E-state index contributed by atoms with van der Waals surface area (Å²) in [6, 6.07) is 25.2. The first-order valence-electron chi connectivity index (χ1n) is 8.35. The molecule has 26 heavy (non-hydrogen) atoms. The molecule has 0 aliphatic heterocycles. The van der Waals surface area contributed by atoms with Crippen molar-refractivity contribution in [1.82, 2.24) is 0 Å². The van der Waals surface area contributed by atoms with Crippen LogP contribution in [-0.4, -0.2) is 5.24 Å². The molecule has 0 saturated carbocycles. The molecule has 0 amide bonds. The molecule has 0 unspecified atom stereocenters. The number of rotatable bonds is 8. The highest BCUT2D eigenvalue weighted by atomic mass is 35.5. The van der Waals surface area contributed by atoms with Gasteiger partial charge in [0.15, 0.2) is 0 Å². The highest BCUT2D eigenvalue weighted by Gasteiger charge is 2.10. The van der Waals surface area contributed by atoms with Gasteiger partial charge in [0.25, 0.3) is 0 Å². The summed E-state index contributed by atoms with van der Waals surface area (Å²) in [5.41, 5.74) is 2.87. The zero-order valence-corrected chi connectivity index (χ0v) is 15.0. The average Bonchev–Trinajstić information content (AvgIpc) is 2.67. The third-order valence-electron chi connectivity index (χ3n) is 3.85. The number of hydrogen-bond acceptors (Lipinski definition) is 3. The van der Waals surface area contributed by atoms with Gasteiger partial charge in [-0.3, -0.25) is 4.79 Å². The molecular formula is C22H19ClO3. The molecule has 0 aliphatic rings. The molecule has 0 radical (unpaired) electrons. The van der Waals surface area contributed by atoms with Crippen LogP contribution in [0.2, 0.25) is 0 Å². The van der Waals surface area contributed by atoms with Gasteiger partial charge in [0.1, 0.15) is 24.7 Å². The van der Waals surface area contributed by atoms with Gasteiger partial charge in [-0.15, -0.1) is 0 Å². The first-order chi connectivity index (χ1) is 12.7. The summed E-state index contributed by atoms with van der Waals surface area (Å²) in [6.07, 6.45) is 0.116. The Hall–Kier alpha value is -2.78. The van der Waals surface area contributed by atoms with Crippen LogP contribution in [0.15, 0.2) is 78.9 Å². The number of hydrogen-bond donors (Lipinski definition) is 0. The fraction of sp³-hybridized carbons (Fsp3) is 0.136. The van der Waals surface area contributed by atoms with Crippen molar-refractivity contribution >= 4 is 16.8 Å². The van der Waals surface area contributed by atoms with Crippen LogP contribution in [-0.2, 0) is 24.4 Å². The summed E-state index contributed by atoms with van der Waals surface area (Å²) in [4.78, 5) is 11.3. The Morgan fingerprint density at radius 2 is 1.35 bits per heavy atom. The summed E-state index contributed by atoms with van der Waals surface area (Å²) in [5, 5.41) is -0.424. The summed E-state index contributed by atoms with van der Waals surface area (Å²) in [6.45, 7) is 0.874. The molecule has 3 aromatic rings. The Balaban J connectivity index is 1.73. The lowest BCUT2D eigenvalue weighted by Gasteiger charge is -2.13.